The largest absolute Gasteiger partial charge is 0.493 e. The van der Waals surface area contributed by atoms with Crippen molar-refractivity contribution in [3.8, 4) is 11.5 Å². The van der Waals surface area contributed by atoms with Crippen LogP contribution < -0.4 is 9.47 Å². The minimum absolute atomic E-state index is 0.00497. The van der Waals surface area contributed by atoms with E-state index in [1.54, 1.807) is 25.2 Å². The predicted molar refractivity (Wildman–Crippen MR) is 102 cm³/mol. The number of rotatable bonds is 6. The fourth-order valence-electron chi connectivity index (χ4n) is 3.23. The molecule has 0 radical (unpaired) electrons. The van der Waals surface area contributed by atoms with Gasteiger partial charge in [-0.2, -0.15) is 0 Å². The number of aryl methyl sites for hydroxylation is 2. The van der Waals surface area contributed by atoms with Crippen LogP contribution in [0.15, 0.2) is 22.7 Å². The quantitative estimate of drug-likeness (QED) is 0.722. The Morgan fingerprint density at radius 3 is 2.64 bits per heavy atom. The summed E-state index contributed by atoms with van der Waals surface area (Å²) < 4.78 is 39.7. The third-order valence-corrected chi connectivity index (χ3v) is 6.79. The molecule has 1 amide bonds. The SMILES string of the molecule is COc1cc(C(=O)N(C)[C@H]2CCS(=O)(=O)C2)ccc1OCc1c(C)noc1C. The lowest BCUT2D eigenvalue weighted by Crippen LogP contribution is -2.37. The van der Waals surface area contributed by atoms with Crippen LogP contribution >= 0.6 is 0 Å². The molecule has 9 heteroatoms. The van der Waals surface area contributed by atoms with Crippen molar-refractivity contribution in [1.29, 1.82) is 0 Å². The topological polar surface area (TPSA) is 98.9 Å². The van der Waals surface area contributed by atoms with Crippen LogP contribution in [0, 0.1) is 13.8 Å². The highest BCUT2D eigenvalue weighted by atomic mass is 32.2. The van der Waals surface area contributed by atoms with Crippen molar-refractivity contribution in [2.45, 2.75) is 32.9 Å². The summed E-state index contributed by atoms with van der Waals surface area (Å²) in [5, 5.41) is 3.90. The maximum Gasteiger partial charge on any atom is 0.254 e. The molecule has 0 unspecified atom stereocenters. The molecular weight excluding hydrogens is 384 g/mol. The predicted octanol–water partition coefficient (Wildman–Crippen LogP) is 2.14. The van der Waals surface area contributed by atoms with Crippen LogP contribution in [0.3, 0.4) is 0 Å². The molecule has 2 aromatic rings. The summed E-state index contributed by atoms with van der Waals surface area (Å²) in [6.45, 7) is 3.93. The van der Waals surface area contributed by atoms with Crippen LogP contribution in [0.4, 0.5) is 0 Å². The van der Waals surface area contributed by atoms with Crippen LogP contribution in [-0.2, 0) is 16.4 Å². The Bertz CT molecular complexity index is 963. The number of benzene rings is 1. The Hall–Kier alpha value is -2.55. The number of sulfone groups is 1. The number of methoxy groups -OCH3 is 1. The van der Waals surface area contributed by atoms with Gasteiger partial charge in [0.05, 0.1) is 29.9 Å². The molecular formula is C19H24N2O6S. The van der Waals surface area contributed by atoms with Crippen molar-refractivity contribution >= 4 is 15.7 Å². The van der Waals surface area contributed by atoms with Gasteiger partial charge in [0.25, 0.3) is 5.91 Å². The minimum Gasteiger partial charge on any atom is -0.493 e. The summed E-state index contributed by atoms with van der Waals surface area (Å²) in [6, 6.07) is 4.61. The number of carbonyl (C=O) groups is 1. The zero-order valence-corrected chi connectivity index (χ0v) is 17.2. The molecule has 1 fully saturated rings. The van der Waals surface area contributed by atoms with Gasteiger partial charge in [-0.15, -0.1) is 0 Å². The number of ether oxygens (including phenoxy) is 2. The molecule has 0 aliphatic carbocycles. The van der Waals surface area contributed by atoms with Gasteiger partial charge in [-0.1, -0.05) is 5.16 Å². The van der Waals surface area contributed by atoms with Crippen LogP contribution in [0.1, 0.15) is 33.8 Å². The first-order valence-corrected chi connectivity index (χ1v) is 10.7. The molecule has 1 saturated heterocycles. The van der Waals surface area contributed by atoms with Crippen molar-refractivity contribution in [3.63, 3.8) is 0 Å². The maximum atomic E-state index is 12.8. The number of nitrogens with zero attached hydrogens (tertiary/aromatic N) is 2. The number of carbonyl (C=O) groups excluding carboxylic acids is 1. The first kappa shape index (κ1) is 20.2. The van der Waals surface area contributed by atoms with Crippen molar-refractivity contribution in [2.75, 3.05) is 25.7 Å². The molecule has 1 aliphatic heterocycles. The first-order valence-electron chi connectivity index (χ1n) is 8.92. The molecule has 0 saturated carbocycles. The molecule has 28 heavy (non-hydrogen) atoms. The van der Waals surface area contributed by atoms with Crippen molar-refractivity contribution in [1.82, 2.24) is 10.1 Å². The van der Waals surface area contributed by atoms with Gasteiger partial charge in [-0.25, -0.2) is 8.42 Å². The van der Waals surface area contributed by atoms with E-state index in [2.05, 4.69) is 5.16 Å². The lowest BCUT2D eigenvalue weighted by Gasteiger charge is -2.24. The molecule has 3 rings (SSSR count). The van der Waals surface area contributed by atoms with E-state index in [1.165, 1.54) is 12.0 Å². The number of hydrogen-bond acceptors (Lipinski definition) is 7. The molecule has 0 bridgehead atoms. The summed E-state index contributed by atoms with van der Waals surface area (Å²) >= 11 is 0. The van der Waals surface area contributed by atoms with E-state index in [-0.39, 0.29) is 30.1 Å². The maximum absolute atomic E-state index is 12.8. The van der Waals surface area contributed by atoms with E-state index in [1.807, 2.05) is 13.8 Å². The third-order valence-electron chi connectivity index (χ3n) is 5.04. The summed E-state index contributed by atoms with van der Waals surface area (Å²) in [5.41, 5.74) is 2.04. The standard InChI is InChI=1S/C19H24N2O6S/c1-12-16(13(2)27-20-12)10-26-17-6-5-14(9-18(17)25-4)19(22)21(3)15-7-8-28(23,24)11-15/h5-6,9,15H,7-8,10-11H2,1-4H3/t15-/m0/s1. The van der Waals surface area contributed by atoms with E-state index in [4.69, 9.17) is 14.0 Å². The third kappa shape index (κ3) is 4.14. The average molecular weight is 408 g/mol. The van der Waals surface area contributed by atoms with Gasteiger partial charge < -0.3 is 18.9 Å². The Labute approximate surface area is 164 Å². The van der Waals surface area contributed by atoms with Crippen molar-refractivity contribution in [2.24, 2.45) is 0 Å². The van der Waals surface area contributed by atoms with Gasteiger partial charge in [0.15, 0.2) is 21.3 Å². The molecule has 1 aliphatic rings. The van der Waals surface area contributed by atoms with Gasteiger partial charge in [-0.05, 0) is 38.5 Å². The van der Waals surface area contributed by atoms with E-state index in [0.717, 1.165) is 11.3 Å². The highest BCUT2D eigenvalue weighted by molar-refractivity contribution is 7.91. The summed E-state index contributed by atoms with van der Waals surface area (Å²) in [5.74, 6) is 1.47. The van der Waals surface area contributed by atoms with E-state index in [0.29, 0.717) is 29.2 Å². The molecule has 2 heterocycles. The van der Waals surface area contributed by atoms with Crippen molar-refractivity contribution in [3.05, 3.63) is 40.8 Å². The van der Waals surface area contributed by atoms with Gasteiger partial charge >= 0.3 is 0 Å². The Balaban J connectivity index is 1.74. The number of hydrogen-bond donors (Lipinski definition) is 0. The fourth-order valence-corrected chi connectivity index (χ4v) is 5.00. The molecule has 0 spiro atoms. The van der Waals surface area contributed by atoms with Crippen molar-refractivity contribution < 1.29 is 27.2 Å². The summed E-state index contributed by atoms with van der Waals surface area (Å²) in [6.07, 6.45) is 0.459. The Kier molecular flexibility index (Phi) is 5.64. The number of amides is 1. The van der Waals surface area contributed by atoms with E-state index >= 15 is 0 Å². The zero-order chi connectivity index (χ0) is 20.5. The zero-order valence-electron chi connectivity index (χ0n) is 16.4. The summed E-state index contributed by atoms with van der Waals surface area (Å²) in [4.78, 5) is 14.3. The molecule has 1 atom stereocenters. The lowest BCUT2D eigenvalue weighted by atomic mass is 10.1. The average Bonchev–Trinajstić information content (AvgIpc) is 3.20. The Morgan fingerprint density at radius 2 is 2.07 bits per heavy atom. The van der Waals surface area contributed by atoms with Crippen LogP contribution in [0.5, 0.6) is 11.5 Å². The highest BCUT2D eigenvalue weighted by Gasteiger charge is 2.33. The van der Waals surface area contributed by atoms with Gasteiger partial charge in [0.1, 0.15) is 12.4 Å². The van der Waals surface area contributed by atoms with Gasteiger partial charge in [-0.3, -0.25) is 4.79 Å². The Morgan fingerprint density at radius 1 is 1.32 bits per heavy atom. The monoisotopic (exact) mass is 408 g/mol. The fraction of sp³-hybridized carbons (Fsp3) is 0.474. The normalized spacial score (nSPS) is 18.1. The molecule has 0 N–H and O–H groups in total. The lowest BCUT2D eigenvalue weighted by molar-refractivity contribution is 0.0747. The molecule has 1 aromatic carbocycles. The van der Waals surface area contributed by atoms with E-state index < -0.39 is 9.84 Å². The molecule has 152 valence electrons. The smallest absolute Gasteiger partial charge is 0.254 e. The van der Waals surface area contributed by atoms with Crippen LogP contribution in [0.2, 0.25) is 0 Å². The van der Waals surface area contributed by atoms with Crippen LogP contribution in [0.25, 0.3) is 0 Å². The van der Waals surface area contributed by atoms with E-state index in [9.17, 15) is 13.2 Å². The second-order valence-corrected chi connectivity index (χ2v) is 9.16. The summed E-state index contributed by atoms with van der Waals surface area (Å²) in [7, 11) is 0.0637. The van der Waals surface area contributed by atoms with Gasteiger partial charge in [0, 0.05) is 18.7 Å². The highest BCUT2D eigenvalue weighted by Crippen LogP contribution is 2.30. The van der Waals surface area contributed by atoms with Crippen LogP contribution in [-0.4, -0.2) is 56.1 Å². The van der Waals surface area contributed by atoms with Gasteiger partial charge in [0.2, 0.25) is 0 Å². The molecule has 8 nitrogen and oxygen atoms in total. The molecule has 1 aromatic heterocycles. The first-order chi connectivity index (χ1) is 13.2. The second kappa shape index (κ2) is 7.83. The minimum atomic E-state index is -3.06. The number of aromatic nitrogens is 1. The second-order valence-electron chi connectivity index (χ2n) is 6.93.